The fourth-order valence-corrected chi connectivity index (χ4v) is 9.52. The number of amides is 6. The van der Waals surface area contributed by atoms with Crippen molar-refractivity contribution in [3.63, 3.8) is 0 Å². The average molecular weight is 1070 g/mol. The minimum atomic E-state index is -4.82. The number of carbonyl (C=O) groups excluding carboxylic acids is 5. The van der Waals surface area contributed by atoms with Crippen LogP contribution in [0.15, 0.2) is 71.6 Å². The number of aliphatic carboxylic acids is 3. The van der Waals surface area contributed by atoms with E-state index in [9.17, 15) is 66.0 Å². The highest BCUT2D eigenvalue weighted by molar-refractivity contribution is 7.86. The second kappa shape index (κ2) is 25.3. The van der Waals surface area contributed by atoms with Gasteiger partial charge in [0.2, 0.25) is 23.6 Å². The zero-order chi connectivity index (χ0) is 56.3. The van der Waals surface area contributed by atoms with Gasteiger partial charge in [0.1, 0.15) is 18.1 Å². The van der Waals surface area contributed by atoms with E-state index in [1.54, 1.807) is 13.8 Å². The van der Waals surface area contributed by atoms with Crippen molar-refractivity contribution in [1.29, 1.82) is 0 Å². The van der Waals surface area contributed by atoms with Crippen LogP contribution in [0.4, 0.5) is 8.68 Å². The third kappa shape index (κ3) is 16.2. The fourth-order valence-electron chi connectivity index (χ4n) is 9.06. The van der Waals surface area contributed by atoms with Crippen LogP contribution < -0.4 is 31.9 Å². The Kier molecular flexibility index (Phi) is 20.5. The number of hydrogen-bond donors (Lipinski definition) is 9. The van der Waals surface area contributed by atoms with Gasteiger partial charge in [0.05, 0.1) is 16.7 Å². The average Bonchev–Trinajstić information content (AvgIpc) is 3.33. The summed E-state index contributed by atoms with van der Waals surface area (Å²) < 4.78 is 35.2. The minimum Gasteiger partial charge on any atom is -0.481 e. The minimum absolute atomic E-state index is 0.00269. The molecule has 0 radical (unpaired) electrons. The highest BCUT2D eigenvalue weighted by Gasteiger charge is 2.53. The van der Waals surface area contributed by atoms with E-state index in [-0.39, 0.29) is 42.4 Å². The summed E-state index contributed by atoms with van der Waals surface area (Å²) in [5, 5.41) is 48.7. The summed E-state index contributed by atoms with van der Waals surface area (Å²) in [6.45, 7) is 14.2. The number of carboxylic acids is 3. The molecular formula is C54H75FN6O13S. The Balaban J connectivity index is 1.35. The quantitative estimate of drug-likeness (QED) is 0.0336. The summed E-state index contributed by atoms with van der Waals surface area (Å²) in [5.74, 6) is -6.29. The molecule has 19 nitrogen and oxygen atoms in total. The molecule has 0 bridgehead atoms. The number of urea groups is 1. The molecule has 75 heavy (non-hydrogen) atoms. The first kappa shape index (κ1) is 60.9. The molecule has 0 saturated heterocycles. The lowest BCUT2D eigenvalue weighted by Gasteiger charge is -2.46. The van der Waals surface area contributed by atoms with Gasteiger partial charge in [0, 0.05) is 47.7 Å². The van der Waals surface area contributed by atoms with Crippen LogP contribution in [0.3, 0.4) is 0 Å². The largest absolute Gasteiger partial charge is 0.481 e. The fraction of sp³-hybridized carbons (Fsp3) is 0.556. The Morgan fingerprint density at radius 3 is 1.80 bits per heavy atom. The van der Waals surface area contributed by atoms with Crippen LogP contribution in [0.2, 0.25) is 0 Å². The normalized spacial score (nSPS) is 17.0. The van der Waals surface area contributed by atoms with Crippen LogP contribution in [0.5, 0.6) is 0 Å². The Morgan fingerprint density at radius 1 is 0.680 bits per heavy atom. The van der Waals surface area contributed by atoms with Crippen LogP contribution in [0.25, 0.3) is 10.8 Å². The van der Waals surface area contributed by atoms with Gasteiger partial charge in [-0.2, -0.15) is 8.42 Å². The molecule has 4 rings (SSSR count). The molecule has 0 aliphatic heterocycles. The van der Waals surface area contributed by atoms with Crippen molar-refractivity contribution in [2.45, 2.75) is 149 Å². The first-order chi connectivity index (χ1) is 34.8. The molecule has 3 aromatic rings. The van der Waals surface area contributed by atoms with Crippen molar-refractivity contribution in [2.24, 2.45) is 34.0 Å². The van der Waals surface area contributed by atoms with Gasteiger partial charge in [0.25, 0.3) is 0 Å². The van der Waals surface area contributed by atoms with Gasteiger partial charge in [-0.3, -0.25) is 24.0 Å². The molecule has 412 valence electrons. The van der Waals surface area contributed by atoms with E-state index in [0.29, 0.717) is 63.6 Å². The Hall–Kier alpha value is -6.64. The van der Waals surface area contributed by atoms with Crippen LogP contribution in [-0.2, 0) is 56.6 Å². The summed E-state index contributed by atoms with van der Waals surface area (Å²) in [6, 6.07) is 12.5. The molecule has 1 saturated carbocycles. The van der Waals surface area contributed by atoms with Crippen LogP contribution in [0.1, 0.15) is 118 Å². The highest BCUT2D eigenvalue weighted by atomic mass is 32.3. The Morgan fingerprint density at radius 2 is 1.24 bits per heavy atom. The van der Waals surface area contributed by atoms with E-state index in [1.165, 1.54) is 53.7 Å². The second-order valence-corrected chi connectivity index (χ2v) is 23.4. The van der Waals surface area contributed by atoms with Crippen molar-refractivity contribution in [1.82, 2.24) is 31.9 Å². The predicted molar refractivity (Wildman–Crippen MR) is 278 cm³/mol. The summed E-state index contributed by atoms with van der Waals surface area (Å²) >= 11 is 0. The summed E-state index contributed by atoms with van der Waals surface area (Å²) in [6.07, 6.45) is 4.28. The van der Waals surface area contributed by atoms with Crippen molar-refractivity contribution in [2.75, 3.05) is 13.1 Å². The van der Waals surface area contributed by atoms with Crippen LogP contribution in [0, 0.1) is 34.0 Å². The van der Waals surface area contributed by atoms with E-state index < -0.39 is 90.8 Å². The van der Waals surface area contributed by atoms with E-state index in [4.69, 9.17) is 0 Å². The number of rotatable bonds is 26. The number of unbranched alkanes of at least 4 members (excludes halogenated alkanes) is 1. The van der Waals surface area contributed by atoms with Crippen molar-refractivity contribution in [3.8, 4) is 0 Å². The lowest BCUT2D eigenvalue weighted by molar-refractivity contribution is -0.159. The van der Waals surface area contributed by atoms with Gasteiger partial charge in [-0.05, 0) is 106 Å². The van der Waals surface area contributed by atoms with Gasteiger partial charge in [-0.1, -0.05) is 95.6 Å². The lowest BCUT2D eigenvalue weighted by Crippen LogP contribution is -2.67. The third-order valence-electron chi connectivity index (χ3n) is 15.8. The zero-order valence-corrected chi connectivity index (χ0v) is 45.1. The highest BCUT2D eigenvalue weighted by Crippen LogP contribution is 2.42. The first-order valence-corrected chi connectivity index (χ1v) is 26.6. The standard InChI is InChI=1S/C54H75FN6O13S/c1-32(14-12-13-27-56-41(62)30-33-20-25-39(26-21-33)75(55,73)74)44(63)57-31-34-17-23-37(24-18-34)45(64)58-40(29-35-19-22-36-15-10-11-16-38(36)28-35)46(65)61-54(8,9)52(4,5)43(48(68)69)60-50(72)59-42(47(66)67)51(2,3)53(6,7)49(70)71/h10-11,15-16,19-22,25-26,28,32,34,37,40,42-43H,12-14,17-18,23-24,27,29-31H2,1-9H3,(H,56,62)(H,57,63)(H,58,64)(H,61,65)(H,66,67)(H,68,69)(H,70,71)(H2,59,60,72). The molecule has 0 spiro atoms. The van der Waals surface area contributed by atoms with Gasteiger partial charge in [0.15, 0.2) is 0 Å². The number of benzene rings is 3. The third-order valence-corrected chi connectivity index (χ3v) is 16.6. The molecular weight excluding hydrogens is 992 g/mol. The van der Waals surface area contributed by atoms with E-state index in [0.717, 1.165) is 28.5 Å². The van der Waals surface area contributed by atoms with E-state index >= 15 is 0 Å². The molecule has 4 unspecified atom stereocenters. The summed E-state index contributed by atoms with van der Waals surface area (Å²) in [4.78, 5) is 104. The topological polar surface area (TPSA) is 304 Å². The number of carbonyl (C=O) groups is 8. The first-order valence-electron chi connectivity index (χ1n) is 25.2. The van der Waals surface area contributed by atoms with Gasteiger partial charge < -0.3 is 47.2 Å². The molecule has 21 heteroatoms. The smallest absolute Gasteiger partial charge is 0.332 e. The lowest BCUT2D eigenvalue weighted by atomic mass is 9.63. The molecule has 3 aromatic carbocycles. The Labute approximate surface area is 438 Å². The molecule has 1 fully saturated rings. The Bertz CT molecular complexity index is 2680. The van der Waals surface area contributed by atoms with Crippen molar-refractivity contribution in [3.05, 3.63) is 77.9 Å². The SMILES string of the molecule is CC(CCCCNC(=O)Cc1ccc(S(=O)(=O)F)cc1)C(=O)NCC1CCC(C(=O)NC(Cc2ccc3ccccc3c2)C(=O)NC(C)(C)C(C)(C)C(NC(=O)NC(C(=O)O)C(C)(C)C(C)(C)C(=O)O)C(=O)O)CC1. The maximum absolute atomic E-state index is 14.5. The molecule has 6 amide bonds. The zero-order valence-electron chi connectivity index (χ0n) is 44.3. The van der Waals surface area contributed by atoms with Crippen molar-refractivity contribution < 1.29 is 66.0 Å². The monoisotopic (exact) mass is 1070 g/mol. The number of hydrogen-bond acceptors (Lipinski definition) is 10. The molecule has 4 atom stereocenters. The molecule has 0 aromatic heterocycles. The van der Waals surface area contributed by atoms with Gasteiger partial charge in [-0.15, -0.1) is 3.89 Å². The summed E-state index contributed by atoms with van der Waals surface area (Å²) in [7, 11) is -4.82. The maximum atomic E-state index is 14.5. The molecule has 9 N–H and O–H groups in total. The second-order valence-electron chi connectivity index (χ2n) is 22.1. The van der Waals surface area contributed by atoms with Gasteiger partial charge >= 0.3 is 34.2 Å². The molecule has 1 aliphatic rings. The van der Waals surface area contributed by atoms with Crippen LogP contribution >= 0.6 is 0 Å². The van der Waals surface area contributed by atoms with Crippen LogP contribution in [-0.4, -0.2) is 108 Å². The number of fused-ring (bicyclic) bond motifs is 1. The molecule has 1 aliphatic carbocycles. The van der Waals surface area contributed by atoms with Gasteiger partial charge in [-0.25, -0.2) is 14.4 Å². The van der Waals surface area contributed by atoms with E-state index in [1.807, 2.05) is 49.4 Å². The number of halogens is 1. The number of carboxylic acid groups (broad SMARTS) is 3. The summed E-state index contributed by atoms with van der Waals surface area (Å²) in [5.41, 5.74) is -4.87. The maximum Gasteiger partial charge on any atom is 0.332 e. The van der Waals surface area contributed by atoms with E-state index in [2.05, 4.69) is 31.9 Å². The van der Waals surface area contributed by atoms with Crippen molar-refractivity contribution >= 4 is 68.6 Å². The molecule has 0 heterocycles. The predicted octanol–water partition coefficient (Wildman–Crippen LogP) is 5.88. The number of nitrogens with one attached hydrogen (secondary N) is 6.